The molecule has 0 bridgehead atoms. The molecule has 2 aromatic carbocycles. The van der Waals surface area contributed by atoms with Crippen molar-refractivity contribution in [2.75, 3.05) is 14.2 Å². The van der Waals surface area contributed by atoms with E-state index in [-0.39, 0.29) is 0 Å². The van der Waals surface area contributed by atoms with Crippen molar-refractivity contribution in [3.05, 3.63) is 35.9 Å². The molecule has 0 radical (unpaired) electrons. The summed E-state index contributed by atoms with van der Waals surface area (Å²) in [5.74, 6) is 1.75. The highest BCUT2D eigenvalue weighted by atomic mass is 16.5. The van der Waals surface area contributed by atoms with Crippen LogP contribution in [-0.4, -0.2) is 14.2 Å². The number of aryl methyl sites for hydroxylation is 1. The van der Waals surface area contributed by atoms with Gasteiger partial charge in [-0.15, -0.1) is 0 Å². The molecule has 0 atom stereocenters. The molecule has 0 aromatic heterocycles. The average Bonchev–Trinajstić information content (AvgIpc) is 2.38. The fourth-order valence-corrected chi connectivity index (χ4v) is 2.23. The van der Waals surface area contributed by atoms with Crippen LogP contribution in [0.25, 0.3) is 10.8 Å². The van der Waals surface area contributed by atoms with Crippen molar-refractivity contribution >= 4 is 10.8 Å². The summed E-state index contributed by atoms with van der Waals surface area (Å²) in [5.41, 5.74) is 1.35. The Kier molecular flexibility index (Phi) is 3.52. The van der Waals surface area contributed by atoms with Gasteiger partial charge in [-0.25, -0.2) is 0 Å². The zero-order chi connectivity index (χ0) is 12.3. The van der Waals surface area contributed by atoms with E-state index >= 15 is 0 Å². The van der Waals surface area contributed by atoms with Crippen molar-refractivity contribution in [2.45, 2.75) is 19.8 Å². The van der Waals surface area contributed by atoms with Gasteiger partial charge in [0.25, 0.3) is 0 Å². The van der Waals surface area contributed by atoms with Crippen LogP contribution in [0, 0.1) is 0 Å². The van der Waals surface area contributed by atoms with E-state index in [0.717, 1.165) is 29.7 Å². The van der Waals surface area contributed by atoms with Crippen LogP contribution in [0.2, 0.25) is 0 Å². The van der Waals surface area contributed by atoms with Gasteiger partial charge in [-0.3, -0.25) is 0 Å². The standard InChI is InChI=1S/C15H18O2/c1-4-6-11-9-10-14(17-3)15-12(11)7-5-8-13(15)16-2/h5,7-10H,4,6H2,1-3H3. The van der Waals surface area contributed by atoms with Crippen LogP contribution >= 0.6 is 0 Å². The molecule has 0 aliphatic heterocycles. The van der Waals surface area contributed by atoms with Crippen LogP contribution in [0.5, 0.6) is 11.5 Å². The molecule has 0 fully saturated rings. The Hall–Kier alpha value is -1.70. The molecular formula is C15H18O2. The molecule has 0 spiro atoms. The highest BCUT2D eigenvalue weighted by Gasteiger charge is 2.10. The minimum absolute atomic E-state index is 0.873. The lowest BCUT2D eigenvalue weighted by Gasteiger charge is -2.13. The SMILES string of the molecule is CCCc1ccc(OC)c2c(OC)cccc12. The van der Waals surface area contributed by atoms with E-state index in [1.807, 2.05) is 18.2 Å². The van der Waals surface area contributed by atoms with E-state index in [1.165, 1.54) is 10.9 Å². The summed E-state index contributed by atoms with van der Waals surface area (Å²) < 4.78 is 10.8. The molecule has 0 saturated heterocycles. The summed E-state index contributed by atoms with van der Waals surface area (Å²) in [4.78, 5) is 0. The number of methoxy groups -OCH3 is 2. The maximum atomic E-state index is 5.42. The Labute approximate surface area is 102 Å². The van der Waals surface area contributed by atoms with Crippen LogP contribution in [0.1, 0.15) is 18.9 Å². The van der Waals surface area contributed by atoms with E-state index in [0.29, 0.717) is 0 Å². The second-order valence-electron chi connectivity index (χ2n) is 4.06. The number of rotatable bonds is 4. The monoisotopic (exact) mass is 230 g/mol. The highest BCUT2D eigenvalue weighted by Crippen LogP contribution is 2.36. The summed E-state index contributed by atoms with van der Waals surface area (Å²) in [5, 5.41) is 2.30. The van der Waals surface area contributed by atoms with Crippen LogP contribution in [0.15, 0.2) is 30.3 Å². The minimum Gasteiger partial charge on any atom is -0.496 e. The molecule has 0 aliphatic carbocycles. The molecular weight excluding hydrogens is 212 g/mol. The van der Waals surface area contributed by atoms with Gasteiger partial charge in [0.1, 0.15) is 11.5 Å². The summed E-state index contributed by atoms with van der Waals surface area (Å²) in [6.45, 7) is 2.19. The van der Waals surface area contributed by atoms with Gasteiger partial charge in [0.2, 0.25) is 0 Å². The highest BCUT2D eigenvalue weighted by molar-refractivity contribution is 5.96. The normalized spacial score (nSPS) is 10.5. The number of hydrogen-bond donors (Lipinski definition) is 0. The fourth-order valence-electron chi connectivity index (χ4n) is 2.23. The predicted octanol–water partition coefficient (Wildman–Crippen LogP) is 3.81. The van der Waals surface area contributed by atoms with Crippen molar-refractivity contribution in [1.82, 2.24) is 0 Å². The van der Waals surface area contributed by atoms with Gasteiger partial charge in [-0.1, -0.05) is 31.5 Å². The Morgan fingerprint density at radius 1 is 0.941 bits per heavy atom. The molecule has 0 saturated carbocycles. The van der Waals surface area contributed by atoms with E-state index in [2.05, 4.69) is 19.1 Å². The zero-order valence-electron chi connectivity index (χ0n) is 10.6. The summed E-state index contributed by atoms with van der Waals surface area (Å²) in [6, 6.07) is 10.3. The maximum Gasteiger partial charge on any atom is 0.130 e. The first-order valence-corrected chi connectivity index (χ1v) is 5.94. The topological polar surface area (TPSA) is 18.5 Å². The van der Waals surface area contributed by atoms with Crippen LogP contribution in [0.4, 0.5) is 0 Å². The molecule has 0 amide bonds. The van der Waals surface area contributed by atoms with Crippen molar-refractivity contribution in [2.24, 2.45) is 0 Å². The van der Waals surface area contributed by atoms with Gasteiger partial charge in [0, 0.05) is 0 Å². The Bertz CT molecular complexity index is 507. The number of fused-ring (bicyclic) bond motifs is 1. The van der Waals surface area contributed by atoms with E-state index in [9.17, 15) is 0 Å². The van der Waals surface area contributed by atoms with Gasteiger partial charge in [0.15, 0.2) is 0 Å². The Morgan fingerprint density at radius 2 is 1.65 bits per heavy atom. The van der Waals surface area contributed by atoms with Gasteiger partial charge in [-0.05, 0) is 29.5 Å². The van der Waals surface area contributed by atoms with Crippen LogP contribution in [-0.2, 0) is 6.42 Å². The van der Waals surface area contributed by atoms with Gasteiger partial charge >= 0.3 is 0 Å². The summed E-state index contributed by atoms with van der Waals surface area (Å²) in [7, 11) is 3.39. The smallest absolute Gasteiger partial charge is 0.130 e. The quantitative estimate of drug-likeness (QED) is 0.795. The largest absolute Gasteiger partial charge is 0.496 e. The first-order valence-electron chi connectivity index (χ1n) is 5.94. The lowest BCUT2D eigenvalue weighted by Crippen LogP contribution is -1.93. The molecule has 0 aliphatic rings. The molecule has 0 heterocycles. The fraction of sp³-hybridized carbons (Fsp3) is 0.333. The first kappa shape index (κ1) is 11.8. The molecule has 2 heteroatoms. The van der Waals surface area contributed by atoms with Crippen LogP contribution < -0.4 is 9.47 Å². The van der Waals surface area contributed by atoms with E-state index < -0.39 is 0 Å². The summed E-state index contributed by atoms with van der Waals surface area (Å²) >= 11 is 0. The zero-order valence-corrected chi connectivity index (χ0v) is 10.6. The average molecular weight is 230 g/mol. The first-order chi connectivity index (χ1) is 8.31. The third-order valence-corrected chi connectivity index (χ3v) is 3.01. The third kappa shape index (κ3) is 2.07. The molecule has 17 heavy (non-hydrogen) atoms. The van der Waals surface area contributed by atoms with Crippen molar-refractivity contribution in [1.29, 1.82) is 0 Å². The van der Waals surface area contributed by atoms with Gasteiger partial charge in [-0.2, -0.15) is 0 Å². The van der Waals surface area contributed by atoms with Gasteiger partial charge in [0.05, 0.1) is 19.6 Å². The Morgan fingerprint density at radius 3 is 2.29 bits per heavy atom. The second-order valence-corrected chi connectivity index (χ2v) is 4.06. The van der Waals surface area contributed by atoms with Crippen molar-refractivity contribution in [3.63, 3.8) is 0 Å². The van der Waals surface area contributed by atoms with E-state index in [1.54, 1.807) is 14.2 Å². The van der Waals surface area contributed by atoms with Gasteiger partial charge < -0.3 is 9.47 Å². The molecule has 0 unspecified atom stereocenters. The minimum atomic E-state index is 0.873. The van der Waals surface area contributed by atoms with Crippen molar-refractivity contribution in [3.8, 4) is 11.5 Å². The molecule has 2 rings (SSSR count). The van der Waals surface area contributed by atoms with Crippen molar-refractivity contribution < 1.29 is 9.47 Å². The number of hydrogen-bond acceptors (Lipinski definition) is 2. The third-order valence-electron chi connectivity index (χ3n) is 3.01. The molecule has 90 valence electrons. The molecule has 2 nitrogen and oxygen atoms in total. The molecule has 2 aromatic rings. The summed E-state index contributed by atoms with van der Waals surface area (Å²) in [6.07, 6.45) is 2.21. The number of benzene rings is 2. The lowest BCUT2D eigenvalue weighted by molar-refractivity contribution is 0.405. The van der Waals surface area contributed by atoms with Crippen LogP contribution in [0.3, 0.4) is 0 Å². The molecule has 0 N–H and O–H groups in total. The predicted molar refractivity (Wildman–Crippen MR) is 71.0 cm³/mol. The second kappa shape index (κ2) is 5.09. The lowest BCUT2D eigenvalue weighted by atomic mass is 10.00. The number of ether oxygens (including phenoxy) is 2. The Balaban J connectivity index is 2.74. The maximum absolute atomic E-state index is 5.42. The van der Waals surface area contributed by atoms with E-state index in [4.69, 9.17) is 9.47 Å².